The summed E-state index contributed by atoms with van der Waals surface area (Å²) in [6, 6.07) is 9.15. The van der Waals surface area contributed by atoms with Crippen molar-refractivity contribution in [2.45, 2.75) is 6.54 Å². The lowest BCUT2D eigenvalue weighted by molar-refractivity contribution is 0.0783. The van der Waals surface area contributed by atoms with Gasteiger partial charge in [0, 0.05) is 44.0 Å². The third-order valence-electron chi connectivity index (χ3n) is 3.06. The topological polar surface area (TPSA) is 42.3 Å². The first kappa shape index (κ1) is 14.0. The molecule has 0 aliphatic heterocycles. The number of benzene rings is 1. The zero-order valence-corrected chi connectivity index (χ0v) is 11.3. The van der Waals surface area contributed by atoms with E-state index in [0.717, 1.165) is 0 Å². The van der Waals surface area contributed by atoms with E-state index in [1.807, 2.05) is 0 Å². The maximum absolute atomic E-state index is 13.5. The smallest absolute Gasteiger partial charge is 0.254 e. The van der Waals surface area contributed by atoms with Crippen LogP contribution in [0.25, 0.3) is 0 Å². The predicted molar refractivity (Wildman–Crippen MR) is 73.9 cm³/mol. The van der Waals surface area contributed by atoms with Crippen molar-refractivity contribution in [3.05, 3.63) is 69.9 Å². The molecule has 1 heterocycles. The van der Waals surface area contributed by atoms with Crippen LogP contribution in [-0.4, -0.2) is 22.4 Å². The molecule has 1 aromatic heterocycles. The molecule has 0 atom stereocenters. The Morgan fingerprint density at radius 1 is 1.30 bits per heavy atom. The summed E-state index contributed by atoms with van der Waals surface area (Å²) in [6.07, 6.45) is 1.53. The number of nitrogens with zero attached hydrogens (tertiary/aromatic N) is 2. The summed E-state index contributed by atoms with van der Waals surface area (Å²) in [7, 11) is 3.19. The SMILES string of the molecule is CN(Cc1ccccc1F)C(=O)c1ccn(C)c(=O)c1. The van der Waals surface area contributed by atoms with Crippen molar-refractivity contribution < 1.29 is 9.18 Å². The Labute approximate surface area is 116 Å². The number of aryl methyl sites for hydroxylation is 1. The first-order valence-corrected chi connectivity index (χ1v) is 6.14. The maximum Gasteiger partial charge on any atom is 0.254 e. The third kappa shape index (κ3) is 2.93. The number of hydrogen-bond donors (Lipinski definition) is 0. The zero-order valence-electron chi connectivity index (χ0n) is 11.3. The summed E-state index contributed by atoms with van der Waals surface area (Å²) >= 11 is 0. The van der Waals surface area contributed by atoms with E-state index in [9.17, 15) is 14.0 Å². The van der Waals surface area contributed by atoms with Crippen LogP contribution in [0.2, 0.25) is 0 Å². The number of carbonyl (C=O) groups is 1. The molecular weight excluding hydrogens is 259 g/mol. The first-order valence-electron chi connectivity index (χ1n) is 6.14. The minimum Gasteiger partial charge on any atom is -0.337 e. The predicted octanol–water partition coefficient (Wildman–Crippen LogP) is 1.80. The van der Waals surface area contributed by atoms with E-state index < -0.39 is 0 Å². The summed E-state index contributed by atoms with van der Waals surface area (Å²) in [5.41, 5.74) is 0.481. The number of rotatable bonds is 3. The van der Waals surface area contributed by atoms with Crippen LogP contribution in [0.1, 0.15) is 15.9 Å². The second-order valence-corrected chi connectivity index (χ2v) is 4.62. The lowest BCUT2D eigenvalue weighted by Crippen LogP contribution is -2.28. The summed E-state index contributed by atoms with van der Waals surface area (Å²) in [6.45, 7) is 0.153. The molecule has 0 saturated carbocycles. The number of hydrogen-bond acceptors (Lipinski definition) is 2. The molecule has 5 heteroatoms. The van der Waals surface area contributed by atoms with E-state index >= 15 is 0 Å². The molecule has 2 rings (SSSR count). The normalized spacial score (nSPS) is 10.3. The average molecular weight is 274 g/mol. The molecule has 1 amide bonds. The standard InChI is InChI=1S/C15H15FN2O2/c1-17-8-7-11(9-14(17)19)15(20)18(2)10-12-5-3-4-6-13(12)16/h3-9H,10H2,1-2H3. The highest BCUT2D eigenvalue weighted by Gasteiger charge is 2.14. The number of aromatic nitrogens is 1. The summed E-state index contributed by atoms with van der Waals surface area (Å²) < 4.78 is 14.9. The van der Waals surface area contributed by atoms with Crippen molar-refractivity contribution in [2.24, 2.45) is 7.05 Å². The minimum atomic E-state index is -0.351. The van der Waals surface area contributed by atoms with Gasteiger partial charge in [0.25, 0.3) is 11.5 Å². The number of carbonyl (C=O) groups excluding carboxylic acids is 1. The Bertz CT molecular complexity index is 694. The summed E-state index contributed by atoms with van der Waals surface area (Å²) in [4.78, 5) is 25.1. The highest BCUT2D eigenvalue weighted by atomic mass is 19.1. The molecule has 0 saturated heterocycles. The van der Waals surface area contributed by atoms with Gasteiger partial charge < -0.3 is 9.47 Å². The average Bonchev–Trinajstić information content (AvgIpc) is 2.43. The van der Waals surface area contributed by atoms with Crippen molar-refractivity contribution in [1.82, 2.24) is 9.47 Å². The lowest BCUT2D eigenvalue weighted by Gasteiger charge is -2.17. The Morgan fingerprint density at radius 2 is 2.00 bits per heavy atom. The lowest BCUT2D eigenvalue weighted by atomic mass is 10.2. The molecule has 0 fully saturated rings. The summed E-state index contributed by atoms with van der Waals surface area (Å²) in [5, 5.41) is 0. The monoisotopic (exact) mass is 274 g/mol. The van der Waals surface area contributed by atoms with Crippen molar-refractivity contribution in [3.63, 3.8) is 0 Å². The highest BCUT2D eigenvalue weighted by molar-refractivity contribution is 5.93. The maximum atomic E-state index is 13.5. The van der Waals surface area contributed by atoms with E-state index in [2.05, 4.69) is 0 Å². The molecule has 0 unspecified atom stereocenters. The summed E-state index contributed by atoms with van der Waals surface area (Å²) in [5.74, 6) is -0.665. The van der Waals surface area contributed by atoms with Crippen LogP contribution in [0.5, 0.6) is 0 Å². The highest BCUT2D eigenvalue weighted by Crippen LogP contribution is 2.10. The second kappa shape index (κ2) is 5.69. The Hall–Kier alpha value is -2.43. The van der Waals surface area contributed by atoms with E-state index in [4.69, 9.17) is 0 Å². The van der Waals surface area contributed by atoms with E-state index in [1.54, 1.807) is 38.4 Å². The molecule has 0 aliphatic carbocycles. The van der Waals surface area contributed by atoms with Crippen LogP contribution < -0.4 is 5.56 Å². The molecule has 20 heavy (non-hydrogen) atoms. The quantitative estimate of drug-likeness (QED) is 0.856. The van der Waals surface area contributed by atoms with Gasteiger partial charge in [0.05, 0.1) is 0 Å². The first-order chi connectivity index (χ1) is 9.49. The molecule has 0 N–H and O–H groups in total. The number of halogens is 1. The fourth-order valence-electron chi connectivity index (χ4n) is 1.86. The molecule has 104 valence electrons. The molecule has 2 aromatic rings. The minimum absolute atomic E-state index is 0.153. The van der Waals surface area contributed by atoms with E-state index in [0.29, 0.717) is 11.1 Å². The Balaban J connectivity index is 2.18. The van der Waals surface area contributed by atoms with Gasteiger partial charge in [0.1, 0.15) is 5.82 Å². The van der Waals surface area contributed by atoms with Crippen LogP contribution in [-0.2, 0) is 13.6 Å². The van der Waals surface area contributed by atoms with Crippen LogP contribution in [0.15, 0.2) is 47.4 Å². The van der Waals surface area contributed by atoms with E-state index in [-0.39, 0.29) is 23.8 Å². The van der Waals surface area contributed by atoms with Gasteiger partial charge in [-0.1, -0.05) is 18.2 Å². The molecule has 1 aromatic carbocycles. The zero-order chi connectivity index (χ0) is 14.7. The molecule has 0 bridgehead atoms. The second-order valence-electron chi connectivity index (χ2n) is 4.62. The van der Waals surface area contributed by atoms with Crippen molar-refractivity contribution in [1.29, 1.82) is 0 Å². The van der Waals surface area contributed by atoms with Crippen molar-refractivity contribution >= 4 is 5.91 Å². The third-order valence-corrected chi connectivity index (χ3v) is 3.06. The van der Waals surface area contributed by atoms with Crippen LogP contribution in [0, 0.1) is 5.82 Å². The molecule has 0 spiro atoms. The van der Waals surface area contributed by atoms with Crippen LogP contribution in [0.3, 0.4) is 0 Å². The molecule has 0 aliphatic rings. The number of amides is 1. The number of pyridine rings is 1. The van der Waals surface area contributed by atoms with Gasteiger partial charge in [0.2, 0.25) is 0 Å². The van der Waals surface area contributed by atoms with Gasteiger partial charge in [0.15, 0.2) is 0 Å². The fourth-order valence-corrected chi connectivity index (χ4v) is 1.86. The molecule has 4 nitrogen and oxygen atoms in total. The molecule has 0 radical (unpaired) electrons. The van der Waals surface area contributed by atoms with Gasteiger partial charge >= 0.3 is 0 Å². The Morgan fingerprint density at radius 3 is 2.65 bits per heavy atom. The fraction of sp³-hybridized carbons (Fsp3) is 0.200. The van der Waals surface area contributed by atoms with Gasteiger partial charge in [-0.05, 0) is 12.1 Å². The van der Waals surface area contributed by atoms with Crippen molar-refractivity contribution in [3.8, 4) is 0 Å². The van der Waals surface area contributed by atoms with Gasteiger partial charge in [-0.3, -0.25) is 9.59 Å². The van der Waals surface area contributed by atoms with Crippen LogP contribution >= 0.6 is 0 Å². The van der Waals surface area contributed by atoms with Crippen molar-refractivity contribution in [2.75, 3.05) is 7.05 Å². The van der Waals surface area contributed by atoms with Gasteiger partial charge in [-0.15, -0.1) is 0 Å². The van der Waals surface area contributed by atoms with Gasteiger partial charge in [-0.25, -0.2) is 4.39 Å². The molecular formula is C15H15FN2O2. The van der Waals surface area contributed by atoms with Gasteiger partial charge in [-0.2, -0.15) is 0 Å². The van der Waals surface area contributed by atoms with E-state index in [1.165, 1.54) is 27.8 Å². The van der Waals surface area contributed by atoms with Crippen LogP contribution in [0.4, 0.5) is 4.39 Å². The Kier molecular flexibility index (Phi) is 3.98. The largest absolute Gasteiger partial charge is 0.337 e.